The highest BCUT2D eigenvalue weighted by molar-refractivity contribution is 6.31. The van der Waals surface area contributed by atoms with Crippen molar-refractivity contribution in [3.8, 4) is 17.2 Å². The van der Waals surface area contributed by atoms with Crippen molar-refractivity contribution in [1.82, 2.24) is 0 Å². The molecule has 0 aliphatic heterocycles. The maximum atomic E-state index is 12.9. The lowest BCUT2D eigenvalue weighted by molar-refractivity contribution is -0.145. The lowest BCUT2D eigenvalue weighted by atomic mass is 9.72. The van der Waals surface area contributed by atoms with Gasteiger partial charge in [-0.25, -0.2) is 0 Å². The second-order valence-corrected chi connectivity index (χ2v) is 7.21. The third-order valence-corrected chi connectivity index (χ3v) is 5.55. The van der Waals surface area contributed by atoms with Crippen LogP contribution in [0.3, 0.4) is 0 Å². The van der Waals surface area contributed by atoms with E-state index in [0.29, 0.717) is 0 Å². The molecule has 2 aromatic carbocycles. The van der Waals surface area contributed by atoms with Crippen molar-refractivity contribution >= 4 is 17.3 Å². The van der Waals surface area contributed by atoms with Gasteiger partial charge in [0.05, 0.1) is 22.8 Å². The van der Waals surface area contributed by atoms with Crippen LogP contribution in [-0.4, -0.2) is 60.2 Å². The van der Waals surface area contributed by atoms with Crippen LogP contribution in [0.5, 0.6) is 17.2 Å². The van der Waals surface area contributed by atoms with Crippen molar-refractivity contribution in [1.29, 1.82) is 0 Å². The molecule has 150 valence electrons. The number of ketones is 3. The van der Waals surface area contributed by atoms with E-state index in [9.17, 15) is 39.9 Å². The first kappa shape index (κ1) is 19.1. The molecule has 6 N–H and O–H groups in total. The van der Waals surface area contributed by atoms with Gasteiger partial charge in [-0.3, -0.25) is 14.4 Å². The molecule has 0 saturated heterocycles. The van der Waals surface area contributed by atoms with Crippen LogP contribution in [-0.2, 0) is 11.2 Å². The predicted molar refractivity (Wildman–Crippen MR) is 95.1 cm³/mol. The molecule has 0 fully saturated rings. The smallest absolute Gasteiger partial charge is 0.202 e. The van der Waals surface area contributed by atoms with E-state index >= 15 is 0 Å². The molecule has 9 nitrogen and oxygen atoms in total. The second kappa shape index (κ2) is 6.11. The minimum atomic E-state index is -2.22. The number of hydrogen-bond acceptors (Lipinski definition) is 9. The molecule has 0 spiro atoms. The molecule has 4 rings (SSSR count). The zero-order chi connectivity index (χ0) is 21.2. The van der Waals surface area contributed by atoms with Crippen LogP contribution in [0.25, 0.3) is 0 Å². The number of carbonyl (C=O) groups excluding carboxylic acids is 3. The van der Waals surface area contributed by atoms with Crippen LogP contribution in [0.15, 0.2) is 18.2 Å². The molecule has 0 bridgehead atoms. The summed E-state index contributed by atoms with van der Waals surface area (Å²) in [7, 11) is 0. The molecule has 2 unspecified atom stereocenters. The van der Waals surface area contributed by atoms with E-state index in [2.05, 4.69) is 0 Å². The number of aliphatic hydroxyl groups excluding tert-OH is 2. The first-order valence-electron chi connectivity index (χ1n) is 8.69. The quantitative estimate of drug-likeness (QED) is 0.320. The highest BCUT2D eigenvalue weighted by atomic mass is 16.3. The molecule has 29 heavy (non-hydrogen) atoms. The SMILES string of the molecule is O=C1c2cccc(O)c2C(=O)c2c(O)c3c(c(O)c21)CC(O)(C(=O)CO)CC3O. The zero-order valence-electron chi connectivity index (χ0n) is 14.8. The summed E-state index contributed by atoms with van der Waals surface area (Å²) in [6.07, 6.45) is -2.83. The van der Waals surface area contributed by atoms with Gasteiger partial charge >= 0.3 is 0 Å². The van der Waals surface area contributed by atoms with Crippen LogP contribution in [0.4, 0.5) is 0 Å². The summed E-state index contributed by atoms with van der Waals surface area (Å²) in [5.41, 5.74) is -4.43. The summed E-state index contributed by atoms with van der Waals surface area (Å²) in [4.78, 5) is 37.8. The van der Waals surface area contributed by atoms with E-state index in [0.717, 1.165) is 0 Å². The highest BCUT2D eigenvalue weighted by Gasteiger charge is 2.48. The van der Waals surface area contributed by atoms with E-state index in [4.69, 9.17) is 5.11 Å². The van der Waals surface area contributed by atoms with Gasteiger partial charge in [0.2, 0.25) is 5.78 Å². The van der Waals surface area contributed by atoms with Gasteiger partial charge in [0.1, 0.15) is 29.5 Å². The van der Waals surface area contributed by atoms with Gasteiger partial charge in [0, 0.05) is 29.5 Å². The van der Waals surface area contributed by atoms with Crippen molar-refractivity contribution in [3.63, 3.8) is 0 Å². The first-order valence-corrected chi connectivity index (χ1v) is 8.69. The van der Waals surface area contributed by atoms with Crippen molar-refractivity contribution in [2.45, 2.75) is 24.5 Å². The van der Waals surface area contributed by atoms with Crippen LogP contribution in [0, 0.1) is 0 Å². The van der Waals surface area contributed by atoms with Crippen LogP contribution < -0.4 is 0 Å². The molecule has 0 saturated carbocycles. The number of benzene rings is 2. The first-order chi connectivity index (χ1) is 13.6. The van der Waals surface area contributed by atoms with E-state index in [1.165, 1.54) is 18.2 Å². The Morgan fingerprint density at radius 1 is 1.03 bits per heavy atom. The third-order valence-electron chi connectivity index (χ3n) is 5.55. The number of phenols is 3. The summed E-state index contributed by atoms with van der Waals surface area (Å²) in [6.45, 7) is -1.01. The standard InChI is InChI=1S/C20H16O9/c21-6-11(24)20(29)4-8-13(10(23)5-20)19(28)15-14(17(8)26)16(25)7-2-1-3-9(22)12(7)18(15)27/h1-3,10,21-23,26,28-29H,4-6H2. The van der Waals surface area contributed by atoms with Crippen LogP contribution in [0.1, 0.15) is 55.5 Å². The molecular weight excluding hydrogens is 384 g/mol. The molecule has 2 aromatic rings. The number of fused-ring (bicyclic) bond motifs is 3. The number of aliphatic hydroxyl groups is 3. The molecule has 2 atom stereocenters. The number of aromatic hydroxyl groups is 3. The van der Waals surface area contributed by atoms with Crippen LogP contribution in [0.2, 0.25) is 0 Å². The fourth-order valence-electron chi connectivity index (χ4n) is 4.15. The molecule has 2 aliphatic rings. The maximum Gasteiger partial charge on any atom is 0.202 e. The summed E-state index contributed by atoms with van der Waals surface area (Å²) in [5.74, 6) is -4.78. The Hall–Kier alpha value is -3.27. The summed E-state index contributed by atoms with van der Waals surface area (Å²) in [6, 6.07) is 3.80. The minimum Gasteiger partial charge on any atom is -0.507 e. The Morgan fingerprint density at radius 3 is 2.34 bits per heavy atom. The summed E-state index contributed by atoms with van der Waals surface area (Å²) >= 11 is 0. The van der Waals surface area contributed by atoms with E-state index in [1.807, 2.05) is 0 Å². The number of hydrogen-bond donors (Lipinski definition) is 6. The molecule has 0 amide bonds. The van der Waals surface area contributed by atoms with E-state index in [1.54, 1.807) is 0 Å². The maximum absolute atomic E-state index is 12.9. The van der Waals surface area contributed by atoms with Crippen LogP contribution >= 0.6 is 0 Å². The average molecular weight is 400 g/mol. The Bertz CT molecular complexity index is 1120. The zero-order valence-corrected chi connectivity index (χ0v) is 14.8. The number of rotatable bonds is 2. The fraction of sp³-hybridized carbons (Fsp3) is 0.250. The van der Waals surface area contributed by atoms with Gasteiger partial charge in [0.15, 0.2) is 11.6 Å². The van der Waals surface area contributed by atoms with Gasteiger partial charge in [-0.2, -0.15) is 0 Å². The van der Waals surface area contributed by atoms with Gasteiger partial charge in [-0.05, 0) is 6.07 Å². The highest BCUT2D eigenvalue weighted by Crippen LogP contribution is 2.50. The van der Waals surface area contributed by atoms with Crippen molar-refractivity contribution < 1.29 is 45.0 Å². The second-order valence-electron chi connectivity index (χ2n) is 7.21. The molecule has 9 heteroatoms. The van der Waals surface area contributed by atoms with Gasteiger partial charge < -0.3 is 30.6 Å². The summed E-state index contributed by atoms with van der Waals surface area (Å²) < 4.78 is 0. The minimum absolute atomic E-state index is 0.185. The van der Waals surface area contributed by atoms with E-state index < -0.39 is 76.9 Å². The molecule has 0 heterocycles. The van der Waals surface area contributed by atoms with Crippen molar-refractivity contribution in [2.75, 3.05) is 6.61 Å². The van der Waals surface area contributed by atoms with Crippen molar-refractivity contribution in [3.05, 3.63) is 51.6 Å². The normalized spacial score (nSPS) is 22.7. The third kappa shape index (κ3) is 2.42. The number of Topliss-reactive ketones (excluding diaryl/α,β-unsaturated/α-hetero) is 1. The predicted octanol–water partition coefficient (Wildman–Crippen LogP) is -0.149. The Kier molecular flexibility index (Phi) is 4.02. The van der Waals surface area contributed by atoms with Crippen molar-refractivity contribution in [2.24, 2.45) is 0 Å². The Labute approximate surface area is 163 Å². The molecular formula is C20H16O9. The van der Waals surface area contributed by atoms with Gasteiger partial charge in [0.25, 0.3) is 0 Å². The lowest BCUT2D eigenvalue weighted by Crippen LogP contribution is -2.47. The lowest BCUT2D eigenvalue weighted by Gasteiger charge is -2.36. The monoisotopic (exact) mass is 400 g/mol. The van der Waals surface area contributed by atoms with E-state index in [-0.39, 0.29) is 22.3 Å². The number of phenolic OH excluding ortho intramolecular Hbond substituents is 3. The molecule has 0 radical (unpaired) electrons. The Balaban J connectivity index is 2.01. The van der Waals surface area contributed by atoms with Gasteiger partial charge in [-0.15, -0.1) is 0 Å². The topological polar surface area (TPSA) is 173 Å². The largest absolute Gasteiger partial charge is 0.507 e. The molecule has 0 aromatic heterocycles. The molecule has 2 aliphatic carbocycles. The fourth-order valence-corrected chi connectivity index (χ4v) is 4.15. The van der Waals surface area contributed by atoms with Gasteiger partial charge in [-0.1, -0.05) is 12.1 Å². The Morgan fingerprint density at radius 2 is 1.69 bits per heavy atom. The summed E-state index contributed by atoms with van der Waals surface area (Å²) in [5, 5.41) is 61.5. The average Bonchev–Trinajstić information content (AvgIpc) is 2.67. The number of carbonyl (C=O) groups is 3.